The van der Waals surface area contributed by atoms with Crippen LogP contribution in [-0.4, -0.2) is 21.3 Å². The molecule has 1 atom stereocenters. The molecule has 0 bridgehead atoms. The van der Waals surface area contributed by atoms with Gasteiger partial charge in [0.2, 0.25) is 0 Å². The summed E-state index contributed by atoms with van der Waals surface area (Å²) in [4.78, 5) is 10.6. The van der Waals surface area contributed by atoms with E-state index >= 15 is 0 Å². The Hall–Kier alpha value is -1.71. The number of hydrogen-bond acceptors (Lipinski definition) is 3. The number of hydrogen-bond donors (Lipinski definition) is 3. The van der Waals surface area contributed by atoms with E-state index in [1.54, 1.807) is 0 Å². The number of benzene rings is 1. The van der Waals surface area contributed by atoms with Crippen molar-refractivity contribution in [2.24, 2.45) is 0 Å². The van der Waals surface area contributed by atoms with Crippen molar-refractivity contribution in [2.75, 3.05) is 0 Å². The maximum atomic E-state index is 10.6. The molecule has 0 radical (unpaired) electrons. The van der Waals surface area contributed by atoms with Crippen molar-refractivity contribution in [1.29, 1.82) is 0 Å². The Bertz CT molecular complexity index is 332. The van der Waals surface area contributed by atoms with Gasteiger partial charge >= 0.3 is 5.97 Å². The first-order valence-electron chi connectivity index (χ1n) is 3.77. The Morgan fingerprint density at radius 1 is 1.38 bits per heavy atom. The van der Waals surface area contributed by atoms with Crippen LogP contribution in [0.1, 0.15) is 18.4 Å². The number of phenols is 2. The smallest absolute Gasteiger partial charge is 0.310 e. The lowest BCUT2D eigenvalue weighted by molar-refractivity contribution is -0.138. The molecule has 4 nitrogen and oxygen atoms in total. The summed E-state index contributed by atoms with van der Waals surface area (Å²) < 4.78 is 0. The van der Waals surface area contributed by atoms with Gasteiger partial charge in [0.05, 0.1) is 5.92 Å². The van der Waals surface area contributed by atoms with Gasteiger partial charge in [0, 0.05) is 11.6 Å². The van der Waals surface area contributed by atoms with Gasteiger partial charge in [-0.25, -0.2) is 0 Å². The van der Waals surface area contributed by atoms with E-state index in [9.17, 15) is 9.90 Å². The van der Waals surface area contributed by atoms with Crippen LogP contribution in [-0.2, 0) is 4.79 Å². The molecule has 4 heteroatoms. The van der Waals surface area contributed by atoms with E-state index in [1.165, 1.54) is 19.1 Å². The minimum Gasteiger partial charge on any atom is -0.508 e. The van der Waals surface area contributed by atoms with Crippen LogP contribution < -0.4 is 0 Å². The highest BCUT2D eigenvalue weighted by Crippen LogP contribution is 2.28. The molecule has 1 unspecified atom stereocenters. The molecule has 0 aliphatic heterocycles. The van der Waals surface area contributed by atoms with E-state index in [2.05, 4.69) is 0 Å². The number of aromatic hydroxyl groups is 2. The number of rotatable bonds is 2. The van der Waals surface area contributed by atoms with Gasteiger partial charge in [0.1, 0.15) is 11.5 Å². The lowest BCUT2D eigenvalue weighted by Crippen LogP contribution is -2.07. The second-order valence-corrected chi connectivity index (χ2v) is 2.80. The average molecular weight is 182 g/mol. The molecule has 0 amide bonds. The summed E-state index contributed by atoms with van der Waals surface area (Å²) in [5.74, 6) is -2.07. The summed E-state index contributed by atoms with van der Waals surface area (Å²) in [7, 11) is 0. The van der Waals surface area contributed by atoms with E-state index in [4.69, 9.17) is 10.2 Å². The van der Waals surface area contributed by atoms with Crippen LogP contribution in [0.3, 0.4) is 0 Å². The van der Waals surface area contributed by atoms with Crippen LogP contribution >= 0.6 is 0 Å². The van der Waals surface area contributed by atoms with Crippen molar-refractivity contribution in [3.63, 3.8) is 0 Å². The highest BCUT2D eigenvalue weighted by molar-refractivity contribution is 5.76. The van der Waals surface area contributed by atoms with Gasteiger partial charge in [-0.2, -0.15) is 0 Å². The Labute approximate surface area is 75.1 Å². The van der Waals surface area contributed by atoms with Crippen molar-refractivity contribution in [2.45, 2.75) is 12.8 Å². The second kappa shape index (κ2) is 3.35. The van der Waals surface area contributed by atoms with Gasteiger partial charge < -0.3 is 15.3 Å². The summed E-state index contributed by atoms with van der Waals surface area (Å²) in [6.07, 6.45) is 0. The predicted octanol–water partition coefficient (Wildman–Crippen LogP) is 1.29. The molecule has 3 N–H and O–H groups in total. The molecule has 0 saturated carbocycles. The molecule has 0 saturated heterocycles. The zero-order valence-corrected chi connectivity index (χ0v) is 7.06. The second-order valence-electron chi connectivity index (χ2n) is 2.80. The summed E-state index contributed by atoms with van der Waals surface area (Å²) in [6.45, 7) is 1.47. The van der Waals surface area contributed by atoms with Crippen molar-refractivity contribution < 1.29 is 20.1 Å². The van der Waals surface area contributed by atoms with Gasteiger partial charge in [-0.1, -0.05) is 6.07 Å². The van der Waals surface area contributed by atoms with E-state index < -0.39 is 11.9 Å². The van der Waals surface area contributed by atoms with Crippen LogP contribution in [0.4, 0.5) is 0 Å². The summed E-state index contributed by atoms with van der Waals surface area (Å²) >= 11 is 0. The molecule has 0 aromatic heterocycles. The van der Waals surface area contributed by atoms with E-state index in [-0.39, 0.29) is 11.5 Å². The fourth-order valence-corrected chi connectivity index (χ4v) is 1.03. The molecular weight excluding hydrogens is 172 g/mol. The number of carboxylic acids is 1. The number of phenolic OH excluding ortho intramolecular Hbond substituents is 2. The minimum absolute atomic E-state index is 0.0844. The Kier molecular flexibility index (Phi) is 2.41. The van der Waals surface area contributed by atoms with Crippen molar-refractivity contribution >= 4 is 5.97 Å². The third-order valence-corrected chi connectivity index (χ3v) is 1.85. The molecule has 0 aliphatic carbocycles. The number of carboxylic acid groups (broad SMARTS) is 1. The van der Waals surface area contributed by atoms with Crippen LogP contribution in [0, 0.1) is 0 Å². The molecule has 1 rings (SSSR count). The molecule has 1 aromatic carbocycles. The molecular formula is C9H10O4. The summed E-state index contributed by atoms with van der Waals surface area (Å²) in [6, 6.07) is 3.85. The monoisotopic (exact) mass is 182 g/mol. The highest BCUT2D eigenvalue weighted by Gasteiger charge is 2.17. The third kappa shape index (κ3) is 1.90. The lowest BCUT2D eigenvalue weighted by Gasteiger charge is -2.08. The maximum Gasteiger partial charge on any atom is 0.310 e. The standard InChI is InChI=1S/C9H10O4/c1-5(9(12)13)7-3-2-6(10)4-8(7)11/h2-5,10-11H,1H3,(H,12,13). The molecule has 13 heavy (non-hydrogen) atoms. The summed E-state index contributed by atoms with van der Waals surface area (Å²) in [5, 5.41) is 26.9. The first-order chi connectivity index (χ1) is 6.02. The summed E-state index contributed by atoms with van der Waals surface area (Å²) in [5.41, 5.74) is 0.297. The van der Waals surface area contributed by atoms with Gasteiger partial charge in [-0.15, -0.1) is 0 Å². The van der Waals surface area contributed by atoms with Crippen LogP contribution in [0.15, 0.2) is 18.2 Å². The third-order valence-electron chi connectivity index (χ3n) is 1.85. The Balaban J connectivity index is 3.08. The van der Waals surface area contributed by atoms with E-state index in [0.29, 0.717) is 5.56 Å². The van der Waals surface area contributed by atoms with Crippen molar-refractivity contribution in [3.05, 3.63) is 23.8 Å². The minimum atomic E-state index is -1.01. The normalized spacial score (nSPS) is 12.4. The zero-order chi connectivity index (χ0) is 10.0. The molecule has 1 aromatic rings. The van der Waals surface area contributed by atoms with Crippen LogP contribution in [0.2, 0.25) is 0 Å². The number of aliphatic carboxylic acids is 1. The average Bonchev–Trinajstić information content (AvgIpc) is 2.03. The Morgan fingerprint density at radius 3 is 2.46 bits per heavy atom. The largest absolute Gasteiger partial charge is 0.508 e. The van der Waals surface area contributed by atoms with Crippen molar-refractivity contribution in [1.82, 2.24) is 0 Å². The van der Waals surface area contributed by atoms with E-state index in [0.717, 1.165) is 6.07 Å². The van der Waals surface area contributed by atoms with Gasteiger partial charge in [-0.05, 0) is 13.0 Å². The maximum absolute atomic E-state index is 10.6. The molecule has 0 fully saturated rings. The first-order valence-corrected chi connectivity index (χ1v) is 3.77. The zero-order valence-electron chi connectivity index (χ0n) is 7.06. The number of carbonyl (C=O) groups is 1. The van der Waals surface area contributed by atoms with Crippen molar-refractivity contribution in [3.8, 4) is 11.5 Å². The predicted molar refractivity (Wildman–Crippen MR) is 45.8 cm³/mol. The van der Waals surface area contributed by atoms with E-state index in [1.807, 2.05) is 0 Å². The van der Waals surface area contributed by atoms with Gasteiger partial charge in [0.25, 0.3) is 0 Å². The Morgan fingerprint density at radius 2 is 2.00 bits per heavy atom. The molecule has 0 spiro atoms. The van der Waals surface area contributed by atoms with Gasteiger partial charge in [0.15, 0.2) is 0 Å². The SMILES string of the molecule is CC(C(=O)O)c1ccc(O)cc1O. The first kappa shape index (κ1) is 9.38. The van der Waals surface area contributed by atoms with Crippen LogP contribution in [0.25, 0.3) is 0 Å². The van der Waals surface area contributed by atoms with Gasteiger partial charge in [-0.3, -0.25) is 4.79 Å². The molecule has 0 aliphatic rings. The lowest BCUT2D eigenvalue weighted by atomic mass is 10.0. The van der Waals surface area contributed by atoms with Crippen LogP contribution in [0.5, 0.6) is 11.5 Å². The quantitative estimate of drug-likeness (QED) is 0.643. The highest BCUT2D eigenvalue weighted by atomic mass is 16.4. The fourth-order valence-electron chi connectivity index (χ4n) is 1.03. The fraction of sp³-hybridized carbons (Fsp3) is 0.222. The molecule has 70 valence electrons. The topological polar surface area (TPSA) is 77.8 Å². The molecule has 0 heterocycles.